The number of nitrogens with zero attached hydrogens (tertiary/aromatic N) is 1. The summed E-state index contributed by atoms with van der Waals surface area (Å²) in [6, 6.07) is 5.75. The van der Waals surface area contributed by atoms with Crippen molar-refractivity contribution in [3.05, 3.63) is 63.4 Å². The molecule has 0 spiro atoms. The molecule has 3 N–H and O–H groups in total. The number of rotatable bonds is 3. The summed E-state index contributed by atoms with van der Waals surface area (Å²) in [5.74, 6) is 3.67. The van der Waals surface area contributed by atoms with E-state index in [0.29, 0.717) is 5.69 Å². The van der Waals surface area contributed by atoms with Gasteiger partial charge in [-0.3, -0.25) is 10.8 Å². The van der Waals surface area contributed by atoms with E-state index in [4.69, 9.17) is 5.84 Å². The van der Waals surface area contributed by atoms with Crippen molar-refractivity contribution in [3.63, 3.8) is 0 Å². The lowest BCUT2D eigenvalue weighted by Gasteiger charge is -2.17. The van der Waals surface area contributed by atoms with Crippen molar-refractivity contribution in [2.75, 3.05) is 0 Å². The minimum Gasteiger partial charge on any atom is -0.271 e. The summed E-state index contributed by atoms with van der Waals surface area (Å²) in [4.78, 5) is 4.14. The Hall–Kier alpha value is -1.37. The second kappa shape index (κ2) is 5.73. The molecular weight excluding hydrogens is 316 g/mol. The SMILES string of the molecule is Cc1ccc(C(NN)c2ccc(Br)cn2)c(F)c1F. The molecule has 19 heavy (non-hydrogen) atoms. The zero-order valence-corrected chi connectivity index (χ0v) is 11.7. The summed E-state index contributed by atoms with van der Waals surface area (Å²) in [6.45, 7) is 1.50. The Bertz CT molecular complexity index is 587. The highest BCUT2D eigenvalue weighted by Crippen LogP contribution is 2.26. The van der Waals surface area contributed by atoms with E-state index >= 15 is 0 Å². The molecule has 2 aromatic rings. The maximum Gasteiger partial charge on any atom is 0.164 e. The molecule has 0 saturated heterocycles. The predicted octanol–water partition coefficient (Wildman–Crippen LogP) is 2.98. The summed E-state index contributed by atoms with van der Waals surface area (Å²) in [7, 11) is 0. The van der Waals surface area contributed by atoms with E-state index in [1.54, 1.807) is 18.3 Å². The first-order valence-corrected chi connectivity index (χ1v) is 6.36. The minimum absolute atomic E-state index is 0.125. The number of benzene rings is 1. The maximum atomic E-state index is 14.0. The van der Waals surface area contributed by atoms with Crippen LogP contribution in [0.5, 0.6) is 0 Å². The molecule has 1 aromatic heterocycles. The number of hydrogen-bond acceptors (Lipinski definition) is 3. The molecule has 1 aromatic carbocycles. The fourth-order valence-electron chi connectivity index (χ4n) is 1.78. The molecule has 0 bridgehead atoms. The number of hydrazine groups is 1. The Morgan fingerprint density at radius 1 is 1.21 bits per heavy atom. The molecule has 0 aliphatic carbocycles. The Morgan fingerprint density at radius 2 is 1.95 bits per heavy atom. The Morgan fingerprint density at radius 3 is 2.53 bits per heavy atom. The van der Waals surface area contributed by atoms with Crippen molar-refractivity contribution in [1.82, 2.24) is 10.4 Å². The summed E-state index contributed by atoms with van der Waals surface area (Å²) in [5.41, 5.74) is 3.34. The van der Waals surface area contributed by atoms with Crippen molar-refractivity contribution < 1.29 is 8.78 Å². The lowest BCUT2D eigenvalue weighted by Crippen LogP contribution is -2.30. The van der Waals surface area contributed by atoms with Crippen molar-refractivity contribution in [3.8, 4) is 0 Å². The molecule has 1 unspecified atom stereocenters. The van der Waals surface area contributed by atoms with Gasteiger partial charge in [0.1, 0.15) is 0 Å². The summed E-state index contributed by atoms with van der Waals surface area (Å²) in [5, 5.41) is 0. The molecule has 0 amide bonds. The van der Waals surface area contributed by atoms with Crippen molar-refractivity contribution in [2.24, 2.45) is 5.84 Å². The smallest absolute Gasteiger partial charge is 0.164 e. The van der Waals surface area contributed by atoms with E-state index in [1.807, 2.05) is 0 Å². The van der Waals surface area contributed by atoms with Crippen LogP contribution in [0, 0.1) is 18.6 Å². The third kappa shape index (κ3) is 2.80. The summed E-state index contributed by atoms with van der Waals surface area (Å²) in [6.07, 6.45) is 1.57. The summed E-state index contributed by atoms with van der Waals surface area (Å²) < 4.78 is 28.3. The molecule has 0 saturated carbocycles. The van der Waals surface area contributed by atoms with Crippen molar-refractivity contribution >= 4 is 15.9 Å². The largest absolute Gasteiger partial charge is 0.271 e. The van der Waals surface area contributed by atoms with Gasteiger partial charge in [0.2, 0.25) is 0 Å². The third-order valence-corrected chi connectivity index (χ3v) is 3.30. The number of aromatic nitrogens is 1. The first-order chi connectivity index (χ1) is 9.04. The molecule has 1 heterocycles. The normalized spacial score (nSPS) is 12.5. The van der Waals surface area contributed by atoms with Gasteiger partial charge in [-0.2, -0.15) is 0 Å². The van der Waals surface area contributed by atoms with Gasteiger partial charge >= 0.3 is 0 Å². The topological polar surface area (TPSA) is 50.9 Å². The van der Waals surface area contributed by atoms with Crippen LogP contribution in [0.25, 0.3) is 0 Å². The zero-order chi connectivity index (χ0) is 14.0. The lowest BCUT2D eigenvalue weighted by atomic mass is 10.0. The van der Waals surface area contributed by atoms with Crippen LogP contribution in [0.1, 0.15) is 22.9 Å². The van der Waals surface area contributed by atoms with Gasteiger partial charge in [-0.1, -0.05) is 12.1 Å². The molecule has 1 atom stereocenters. The van der Waals surface area contributed by atoms with Crippen LogP contribution in [-0.4, -0.2) is 4.98 Å². The van der Waals surface area contributed by atoms with Gasteiger partial charge in [0, 0.05) is 16.2 Å². The predicted molar refractivity (Wildman–Crippen MR) is 72.2 cm³/mol. The first-order valence-electron chi connectivity index (χ1n) is 5.56. The quantitative estimate of drug-likeness (QED) is 0.673. The van der Waals surface area contributed by atoms with E-state index in [9.17, 15) is 8.78 Å². The van der Waals surface area contributed by atoms with Gasteiger partial charge in [-0.15, -0.1) is 0 Å². The van der Waals surface area contributed by atoms with E-state index in [1.165, 1.54) is 19.1 Å². The number of pyridine rings is 1. The number of halogens is 3. The Kier molecular flexibility index (Phi) is 4.24. The molecular formula is C13H12BrF2N3. The highest BCUT2D eigenvalue weighted by molar-refractivity contribution is 9.10. The van der Waals surface area contributed by atoms with Gasteiger partial charge in [-0.25, -0.2) is 14.2 Å². The van der Waals surface area contributed by atoms with Gasteiger partial charge in [0.25, 0.3) is 0 Å². The fourth-order valence-corrected chi connectivity index (χ4v) is 2.01. The second-order valence-corrected chi connectivity index (χ2v) is 5.02. The van der Waals surface area contributed by atoms with Crippen molar-refractivity contribution in [2.45, 2.75) is 13.0 Å². The van der Waals surface area contributed by atoms with Gasteiger partial charge in [0.15, 0.2) is 11.6 Å². The molecule has 0 aliphatic heterocycles. The van der Waals surface area contributed by atoms with E-state index in [0.717, 1.165) is 4.47 Å². The van der Waals surface area contributed by atoms with E-state index in [2.05, 4.69) is 26.3 Å². The number of nitrogens with one attached hydrogen (secondary N) is 1. The fraction of sp³-hybridized carbons (Fsp3) is 0.154. The van der Waals surface area contributed by atoms with Gasteiger partial charge < -0.3 is 0 Å². The average Bonchev–Trinajstić information content (AvgIpc) is 2.41. The van der Waals surface area contributed by atoms with Crippen molar-refractivity contribution in [1.29, 1.82) is 0 Å². The molecule has 0 fully saturated rings. The van der Waals surface area contributed by atoms with Crippen LogP contribution in [0.2, 0.25) is 0 Å². The molecule has 0 radical (unpaired) electrons. The third-order valence-electron chi connectivity index (χ3n) is 2.83. The number of nitrogens with two attached hydrogens (primary N) is 1. The molecule has 3 nitrogen and oxygen atoms in total. The summed E-state index contributed by atoms with van der Waals surface area (Å²) >= 11 is 3.26. The molecule has 6 heteroatoms. The highest BCUT2D eigenvalue weighted by atomic mass is 79.9. The highest BCUT2D eigenvalue weighted by Gasteiger charge is 2.21. The van der Waals surface area contributed by atoms with Crippen LogP contribution < -0.4 is 11.3 Å². The van der Waals surface area contributed by atoms with Crippen LogP contribution in [-0.2, 0) is 0 Å². The first kappa shape index (κ1) is 14.0. The Labute approximate surface area is 117 Å². The van der Waals surface area contributed by atoms with E-state index < -0.39 is 17.7 Å². The molecule has 0 aliphatic rings. The minimum atomic E-state index is -0.910. The maximum absolute atomic E-state index is 14.0. The van der Waals surface area contributed by atoms with Crippen LogP contribution >= 0.6 is 15.9 Å². The number of aryl methyl sites for hydroxylation is 1. The monoisotopic (exact) mass is 327 g/mol. The standard InChI is InChI=1S/C13H12BrF2N3/c1-7-2-4-9(12(16)11(7)15)13(19-17)10-5-3-8(14)6-18-10/h2-6,13,19H,17H2,1H3. The lowest BCUT2D eigenvalue weighted by molar-refractivity contribution is 0.476. The van der Waals surface area contributed by atoms with E-state index in [-0.39, 0.29) is 11.1 Å². The molecule has 100 valence electrons. The molecule has 2 rings (SSSR count). The van der Waals surface area contributed by atoms with Crippen LogP contribution in [0.15, 0.2) is 34.9 Å². The Balaban J connectivity index is 2.48. The van der Waals surface area contributed by atoms with Gasteiger partial charge in [0.05, 0.1) is 11.7 Å². The van der Waals surface area contributed by atoms with Crippen LogP contribution in [0.3, 0.4) is 0 Å². The number of hydrogen-bond donors (Lipinski definition) is 2. The van der Waals surface area contributed by atoms with Gasteiger partial charge in [-0.05, 0) is 40.5 Å². The zero-order valence-electron chi connectivity index (χ0n) is 10.1. The second-order valence-electron chi connectivity index (χ2n) is 4.10. The van der Waals surface area contributed by atoms with Crippen LogP contribution in [0.4, 0.5) is 8.78 Å². The average molecular weight is 328 g/mol.